The van der Waals surface area contributed by atoms with Gasteiger partial charge in [-0.1, -0.05) is 6.42 Å². The molecule has 0 radical (unpaired) electrons. The summed E-state index contributed by atoms with van der Waals surface area (Å²) in [6.45, 7) is 7.55. The molecule has 11 nitrogen and oxygen atoms in total. The smallest absolute Gasteiger partial charge is 0.320 e. The van der Waals surface area contributed by atoms with E-state index in [-0.39, 0.29) is 35.9 Å². The van der Waals surface area contributed by atoms with Gasteiger partial charge in [-0.25, -0.2) is 28.0 Å². The van der Waals surface area contributed by atoms with Crippen LogP contribution in [0.4, 0.5) is 4.79 Å². The molecule has 12 heteroatoms. The Morgan fingerprint density at radius 2 is 1.88 bits per heavy atom. The van der Waals surface area contributed by atoms with E-state index in [1.54, 1.807) is 4.90 Å². The topological polar surface area (TPSA) is 112 Å². The number of nitrogens with zero attached hydrogens (tertiary/aromatic N) is 4. The fourth-order valence-electron chi connectivity index (χ4n) is 7.06. The first kappa shape index (κ1) is 24.7. The monoisotopic (exact) mass is 498 g/mol. The first-order chi connectivity index (χ1) is 16.1. The molecule has 1 aliphatic carbocycles. The molecule has 0 aromatic heterocycles. The van der Waals surface area contributed by atoms with Crippen LogP contribution in [0.15, 0.2) is 0 Å². The molecule has 34 heavy (non-hydrogen) atoms. The van der Waals surface area contributed by atoms with Gasteiger partial charge < -0.3 is 15.1 Å². The molecule has 4 heterocycles. The third kappa shape index (κ3) is 4.46. The van der Waals surface area contributed by atoms with Gasteiger partial charge in [-0.3, -0.25) is 10.9 Å². The largest absolute Gasteiger partial charge is 0.325 e. The van der Waals surface area contributed by atoms with Crippen molar-refractivity contribution in [1.29, 1.82) is 0 Å². The molecule has 5 fully saturated rings. The van der Waals surface area contributed by atoms with Crippen LogP contribution < -0.4 is 20.9 Å². The summed E-state index contributed by atoms with van der Waals surface area (Å²) in [5.41, 5.74) is 6.51. The molecule has 0 bridgehead atoms. The molecule has 4 aliphatic heterocycles. The zero-order valence-electron chi connectivity index (χ0n) is 21.0. The summed E-state index contributed by atoms with van der Waals surface area (Å²) in [7, 11) is 0.417. The number of hydrogen-bond acceptors (Lipinski definition) is 8. The Hall–Kier alpha value is -1.02. The number of hydrazine groups is 2. The zero-order valence-corrected chi connectivity index (χ0v) is 21.8. The zero-order chi connectivity index (χ0) is 24.3. The number of nitrogens with one attached hydrogen (secondary N) is 4. The van der Waals surface area contributed by atoms with Gasteiger partial charge in [-0.2, -0.15) is 0 Å². The van der Waals surface area contributed by atoms with Crippen molar-refractivity contribution in [2.24, 2.45) is 5.92 Å². The standard InChI is InChI=1S/C22H42N8O3S/c1-22(2)14-27(3)21(31)30(22)16-8-9-23-19(10-16)29-13-17(12-25-29)34(32,33)26-18-7-5-6-15-11-24-28(4)20(15)18/h15-20,23-26H,5-14H2,1-4H3. The van der Waals surface area contributed by atoms with Crippen molar-refractivity contribution in [2.75, 3.05) is 46.8 Å². The molecule has 194 valence electrons. The van der Waals surface area contributed by atoms with Crippen LogP contribution in [0.25, 0.3) is 0 Å². The van der Waals surface area contributed by atoms with Crippen LogP contribution >= 0.6 is 0 Å². The summed E-state index contributed by atoms with van der Waals surface area (Å²) >= 11 is 0. The van der Waals surface area contributed by atoms with Crippen LogP contribution in [0.1, 0.15) is 46.0 Å². The summed E-state index contributed by atoms with van der Waals surface area (Å²) in [6, 6.07) is 0.398. The molecule has 0 spiro atoms. The Morgan fingerprint density at radius 1 is 1.09 bits per heavy atom. The van der Waals surface area contributed by atoms with Gasteiger partial charge in [-0.15, -0.1) is 0 Å². The molecule has 2 amide bonds. The minimum absolute atomic E-state index is 0.00215. The molecule has 6 unspecified atom stereocenters. The Morgan fingerprint density at radius 3 is 2.62 bits per heavy atom. The lowest BCUT2D eigenvalue weighted by Gasteiger charge is -2.43. The van der Waals surface area contributed by atoms with Crippen molar-refractivity contribution in [2.45, 2.75) is 81.0 Å². The molecule has 4 saturated heterocycles. The molecule has 0 aromatic rings. The van der Waals surface area contributed by atoms with Gasteiger partial charge in [0, 0.05) is 58.4 Å². The number of likely N-dealkylation sites (N-methyl/N-ethyl adjacent to an activating group) is 2. The van der Waals surface area contributed by atoms with Gasteiger partial charge in [0.2, 0.25) is 10.0 Å². The Kier molecular flexibility index (Phi) is 6.62. The molecule has 5 rings (SSSR count). The third-order valence-corrected chi connectivity index (χ3v) is 10.4. The minimum Gasteiger partial charge on any atom is -0.325 e. The number of urea groups is 1. The highest BCUT2D eigenvalue weighted by Crippen LogP contribution is 2.33. The first-order valence-corrected chi connectivity index (χ1v) is 14.4. The Bertz CT molecular complexity index is 883. The van der Waals surface area contributed by atoms with E-state index in [4.69, 9.17) is 0 Å². The van der Waals surface area contributed by atoms with Crippen LogP contribution in [-0.2, 0) is 10.0 Å². The predicted molar refractivity (Wildman–Crippen MR) is 130 cm³/mol. The highest BCUT2D eigenvalue weighted by atomic mass is 32.2. The van der Waals surface area contributed by atoms with E-state index in [0.29, 0.717) is 19.0 Å². The minimum atomic E-state index is -3.46. The van der Waals surface area contributed by atoms with Gasteiger partial charge in [-0.05, 0) is 52.0 Å². The lowest BCUT2D eigenvalue weighted by atomic mass is 9.82. The maximum atomic E-state index is 13.4. The number of hydrogen-bond donors (Lipinski definition) is 4. The van der Waals surface area contributed by atoms with Crippen LogP contribution in [0, 0.1) is 5.92 Å². The summed E-state index contributed by atoms with van der Waals surface area (Å²) in [5, 5.41) is 7.18. The van der Waals surface area contributed by atoms with Crippen molar-refractivity contribution in [1.82, 2.24) is 40.7 Å². The second-order valence-corrected chi connectivity index (χ2v) is 13.5. The molecule has 5 aliphatic rings. The molecule has 6 atom stereocenters. The highest BCUT2D eigenvalue weighted by Gasteiger charge is 2.48. The number of amides is 2. The highest BCUT2D eigenvalue weighted by molar-refractivity contribution is 7.90. The number of piperidine rings is 1. The molecule has 0 aromatic carbocycles. The fraction of sp³-hybridized carbons (Fsp3) is 0.955. The van der Waals surface area contributed by atoms with Gasteiger partial charge in [0.25, 0.3) is 0 Å². The molecular formula is C22H42N8O3S. The number of carbonyl (C=O) groups is 1. The molecule has 4 N–H and O–H groups in total. The van der Waals surface area contributed by atoms with E-state index in [9.17, 15) is 13.2 Å². The number of sulfonamides is 1. The predicted octanol–water partition coefficient (Wildman–Crippen LogP) is -0.694. The summed E-state index contributed by atoms with van der Waals surface area (Å²) in [4.78, 5) is 16.7. The average molecular weight is 499 g/mol. The summed E-state index contributed by atoms with van der Waals surface area (Å²) < 4.78 is 29.8. The van der Waals surface area contributed by atoms with E-state index < -0.39 is 15.3 Å². The fourth-order valence-corrected chi connectivity index (χ4v) is 8.58. The Labute approximate surface area is 203 Å². The van der Waals surface area contributed by atoms with Crippen molar-refractivity contribution < 1.29 is 13.2 Å². The molecule has 1 saturated carbocycles. The Balaban J connectivity index is 1.21. The van der Waals surface area contributed by atoms with Crippen molar-refractivity contribution >= 4 is 16.1 Å². The quantitative estimate of drug-likeness (QED) is 0.394. The van der Waals surface area contributed by atoms with E-state index in [1.165, 1.54) is 0 Å². The normalized spacial score (nSPS) is 39.7. The maximum Gasteiger partial charge on any atom is 0.320 e. The number of carbonyl (C=O) groups excluding carboxylic acids is 1. The van der Waals surface area contributed by atoms with Gasteiger partial charge in [0.05, 0.1) is 11.7 Å². The second kappa shape index (κ2) is 9.13. The summed E-state index contributed by atoms with van der Waals surface area (Å²) in [5.74, 6) is 0.504. The van der Waals surface area contributed by atoms with E-state index in [2.05, 4.69) is 39.7 Å². The lowest BCUT2D eigenvalue weighted by molar-refractivity contribution is 0.0540. The van der Waals surface area contributed by atoms with Gasteiger partial charge in [0.15, 0.2) is 0 Å². The number of fused-ring (bicyclic) bond motifs is 1. The van der Waals surface area contributed by atoms with E-state index >= 15 is 0 Å². The van der Waals surface area contributed by atoms with E-state index in [1.807, 2.05) is 24.0 Å². The van der Waals surface area contributed by atoms with Gasteiger partial charge >= 0.3 is 6.03 Å². The second-order valence-electron chi connectivity index (χ2n) is 11.5. The van der Waals surface area contributed by atoms with E-state index in [0.717, 1.165) is 51.7 Å². The van der Waals surface area contributed by atoms with Crippen LogP contribution in [-0.4, -0.2) is 116 Å². The van der Waals surface area contributed by atoms with Crippen molar-refractivity contribution in [3.8, 4) is 0 Å². The maximum absolute atomic E-state index is 13.4. The molecular weight excluding hydrogens is 456 g/mol. The van der Waals surface area contributed by atoms with Crippen LogP contribution in [0.5, 0.6) is 0 Å². The lowest BCUT2D eigenvalue weighted by Crippen LogP contribution is -2.59. The van der Waals surface area contributed by atoms with Crippen LogP contribution in [0.3, 0.4) is 0 Å². The van der Waals surface area contributed by atoms with Gasteiger partial charge in [0.1, 0.15) is 5.25 Å². The third-order valence-electron chi connectivity index (χ3n) is 8.62. The SMILES string of the molecule is CN1CC(C)(C)N(C2CCNC(N3CC(S(=O)(=O)NC4CCCC5CNN(C)C54)CN3)C2)C1=O. The van der Waals surface area contributed by atoms with Crippen LogP contribution in [0.2, 0.25) is 0 Å². The average Bonchev–Trinajstić information content (AvgIpc) is 3.46. The summed E-state index contributed by atoms with van der Waals surface area (Å²) in [6.07, 6.45) is 4.78. The van der Waals surface area contributed by atoms with Crippen molar-refractivity contribution in [3.63, 3.8) is 0 Å². The van der Waals surface area contributed by atoms with Crippen molar-refractivity contribution in [3.05, 3.63) is 0 Å². The first-order valence-electron chi connectivity index (χ1n) is 12.8. The number of rotatable bonds is 5.